The Hall–Kier alpha value is -2.67. The van der Waals surface area contributed by atoms with E-state index in [1.54, 1.807) is 6.20 Å². The summed E-state index contributed by atoms with van der Waals surface area (Å²) >= 11 is 0. The Morgan fingerprint density at radius 3 is 2.57 bits per heavy atom. The number of aliphatic hydroxyl groups is 1. The van der Waals surface area contributed by atoms with Crippen LogP contribution < -0.4 is 16.4 Å². The highest BCUT2D eigenvalue weighted by molar-refractivity contribution is 5.98. The quantitative estimate of drug-likeness (QED) is 0.635. The van der Waals surface area contributed by atoms with Crippen LogP contribution in [0.3, 0.4) is 0 Å². The van der Waals surface area contributed by atoms with Gasteiger partial charge in [-0.2, -0.15) is 0 Å². The van der Waals surface area contributed by atoms with Gasteiger partial charge in [-0.15, -0.1) is 0 Å². The predicted octanol–water partition coefficient (Wildman–Crippen LogP) is 2.67. The zero-order valence-corrected chi connectivity index (χ0v) is 15.6. The summed E-state index contributed by atoms with van der Waals surface area (Å²) < 4.78 is 0. The van der Waals surface area contributed by atoms with Gasteiger partial charge in [0.25, 0.3) is 5.91 Å². The van der Waals surface area contributed by atoms with Crippen molar-refractivity contribution in [3.8, 4) is 0 Å². The van der Waals surface area contributed by atoms with Crippen LogP contribution in [-0.2, 0) is 0 Å². The molecule has 0 spiro atoms. The van der Waals surface area contributed by atoms with Crippen LogP contribution in [0.1, 0.15) is 42.5 Å². The molecule has 3 unspecified atom stereocenters. The fourth-order valence-corrected chi connectivity index (χ4v) is 5.80. The van der Waals surface area contributed by atoms with E-state index in [-0.39, 0.29) is 6.04 Å². The molecule has 146 valence electrons. The fraction of sp³-hybridized carbons (Fsp3) is 0.476. The largest absolute Gasteiger partial charge is 0.390 e. The second kappa shape index (κ2) is 6.44. The van der Waals surface area contributed by atoms with Gasteiger partial charge in [0, 0.05) is 24.5 Å². The molecule has 7 nitrogen and oxygen atoms in total. The van der Waals surface area contributed by atoms with Crippen molar-refractivity contribution in [2.75, 3.05) is 10.6 Å². The summed E-state index contributed by atoms with van der Waals surface area (Å²) in [4.78, 5) is 20.5. The van der Waals surface area contributed by atoms with Crippen LogP contribution in [0, 0.1) is 17.8 Å². The van der Waals surface area contributed by atoms with Crippen molar-refractivity contribution in [1.29, 1.82) is 0 Å². The van der Waals surface area contributed by atoms with Crippen LogP contribution in [0.5, 0.6) is 0 Å². The second-order valence-corrected chi connectivity index (χ2v) is 8.68. The minimum absolute atomic E-state index is 0.250. The van der Waals surface area contributed by atoms with Crippen LogP contribution in [-0.4, -0.2) is 32.6 Å². The summed E-state index contributed by atoms with van der Waals surface area (Å²) in [5.41, 5.74) is 6.20. The van der Waals surface area contributed by atoms with E-state index in [0.717, 1.165) is 32.1 Å². The molecule has 4 saturated carbocycles. The summed E-state index contributed by atoms with van der Waals surface area (Å²) in [7, 11) is 0. The van der Waals surface area contributed by atoms with E-state index in [1.807, 2.05) is 24.3 Å². The maximum absolute atomic E-state index is 12.0. The van der Waals surface area contributed by atoms with E-state index < -0.39 is 11.5 Å². The summed E-state index contributed by atoms with van der Waals surface area (Å²) in [6.45, 7) is 0. The average Bonchev–Trinajstić information content (AvgIpc) is 2.64. The minimum atomic E-state index is -0.498. The summed E-state index contributed by atoms with van der Waals surface area (Å²) in [6.07, 6.45) is 8.14. The third kappa shape index (κ3) is 3.09. The number of nitrogens with two attached hydrogens (primary N) is 1. The van der Waals surface area contributed by atoms with Crippen LogP contribution in [0.2, 0.25) is 0 Å². The third-order valence-corrected chi connectivity index (χ3v) is 6.65. The zero-order chi connectivity index (χ0) is 19.3. The van der Waals surface area contributed by atoms with Gasteiger partial charge in [0.2, 0.25) is 0 Å². The second-order valence-electron chi connectivity index (χ2n) is 8.68. The Morgan fingerprint density at radius 1 is 1.14 bits per heavy atom. The standard InChI is InChI=1S/C21H25N5O2/c22-20(27)15-11-24-18(26-17-3-1-2-4-23-17)7-16(15)25-19-13-5-12-6-14(19)10-21(28,8-12)9-13/h1-4,7,11-14,19,28H,5-6,8-10H2,(H2,22,27)(H2,23,24,25,26)/t12?,13-,14+,19?,21?. The molecule has 7 heteroatoms. The highest BCUT2D eigenvalue weighted by Crippen LogP contribution is 2.56. The lowest BCUT2D eigenvalue weighted by molar-refractivity contribution is -0.129. The zero-order valence-electron chi connectivity index (χ0n) is 15.6. The highest BCUT2D eigenvalue weighted by Gasteiger charge is 2.54. The number of pyridine rings is 2. The molecule has 0 saturated heterocycles. The molecule has 4 fully saturated rings. The van der Waals surface area contributed by atoms with Gasteiger partial charge in [0.05, 0.1) is 16.9 Å². The first-order chi connectivity index (χ1) is 13.5. The molecule has 4 aliphatic carbocycles. The maximum Gasteiger partial charge on any atom is 0.252 e. The first kappa shape index (κ1) is 17.4. The lowest BCUT2D eigenvalue weighted by atomic mass is 9.52. The number of aromatic nitrogens is 2. The monoisotopic (exact) mass is 379 g/mol. The molecule has 2 aromatic rings. The molecule has 4 aliphatic rings. The number of nitrogens with one attached hydrogen (secondary N) is 2. The molecular weight excluding hydrogens is 354 g/mol. The van der Waals surface area contributed by atoms with Gasteiger partial charge in [-0.3, -0.25) is 4.79 Å². The normalized spacial score (nSPS) is 32.9. The molecule has 5 atom stereocenters. The van der Waals surface area contributed by atoms with E-state index >= 15 is 0 Å². The summed E-state index contributed by atoms with van der Waals surface area (Å²) in [6, 6.07) is 7.68. The molecule has 0 radical (unpaired) electrons. The SMILES string of the molecule is NC(=O)c1cnc(Nc2ccccn2)cc1NC1[C@@H]2CC3C[C@H]1CC(O)(C3)C2. The van der Waals surface area contributed by atoms with Crippen molar-refractivity contribution in [1.82, 2.24) is 9.97 Å². The molecule has 5 N–H and O–H groups in total. The molecule has 28 heavy (non-hydrogen) atoms. The third-order valence-electron chi connectivity index (χ3n) is 6.65. The Balaban J connectivity index is 1.42. The van der Waals surface area contributed by atoms with Crippen molar-refractivity contribution < 1.29 is 9.90 Å². The Labute approximate surface area is 163 Å². The Bertz CT molecular complexity index is 887. The van der Waals surface area contributed by atoms with Crippen LogP contribution in [0.25, 0.3) is 0 Å². The highest BCUT2D eigenvalue weighted by atomic mass is 16.3. The number of nitrogens with zero attached hydrogens (tertiary/aromatic N) is 2. The Kier molecular flexibility index (Phi) is 4.01. The first-order valence-corrected chi connectivity index (χ1v) is 9.96. The number of carbonyl (C=O) groups is 1. The lowest BCUT2D eigenvalue weighted by Crippen LogP contribution is -2.59. The summed E-state index contributed by atoms with van der Waals surface area (Å²) in [5.74, 6) is 2.28. The van der Waals surface area contributed by atoms with E-state index in [4.69, 9.17) is 5.73 Å². The van der Waals surface area contributed by atoms with Gasteiger partial charge in [0.1, 0.15) is 11.6 Å². The maximum atomic E-state index is 12.0. The number of hydrogen-bond donors (Lipinski definition) is 4. The number of amides is 1. The van der Waals surface area contributed by atoms with Crippen molar-refractivity contribution in [3.63, 3.8) is 0 Å². The molecule has 6 rings (SSSR count). The van der Waals surface area contributed by atoms with E-state index in [2.05, 4.69) is 20.6 Å². The van der Waals surface area contributed by atoms with Gasteiger partial charge in [-0.05, 0) is 62.0 Å². The number of carbonyl (C=O) groups excluding carboxylic acids is 1. The number of rotatable bonds is 5. The van der Waals surface area contributed by atoms with Crippen molar-refractivity contribution >= 4 is 23.2 Å². The van der Waals surface area contributed by atoms with E-state index in [0.29, 0.717) is 40.6 Å². The van der Waals surface area contributed by atoms with Crippen molar-refractivity contribution in [2.45, 2.75) is 43.7 Å². The molecule has 1 amide bonds. The first-order valence-electron chi connectivity index (χ1n) is 9.96. The topological polar surface area (TPSA) is 113 Å². The van der Waals surface area contributed by atoms with E-state index in [9.17, 15) is 9.90 Å². The fourth-order valence-electron chi connectivity index (χ4n) is 5.80. The molecule has 2 heterocycles. The van der Waals surface area contributed by atoms with Gasteiger partial charge < -0.3 is 21.5 Å². The minimum Gasteiger partial charge on any atom is -0.390 e. The van der Waals surface area contributed by atoms with Crippen LogP contribution >= 0.6 is 0 Å². The lowest BCUT2D eigenvalue weighted by Gasteiger charge is -2.58. The smallest absolute Gasteiger partial charge is 0.252 e. The number of primary amides is 1. The summed E-state index contributed by atoms with van der Waals surface area (Å²) in [5, 5.41) is 17.6. The Morgan fingerprint density at radius 2 is 1.93 bits per heavy atom. The number of anilines is 3. The predicted molar refractivity (Wildman–Crippen MR) is 106 cm³/mol. The molecule has 2 aromatic heterocycles. The van der Waals surface area contributed by atoms with Gasteiger partial charge in [-0.1, -0.05) is 6.07 Å². The number of hydrogen-bond acceptors (Lipinski definition) is 6. The molecule has 4 bridgehead atoms. The van der Waals surface area contributed by atoms with E-state index in [1.165, 1.54) is 6.20 Å². The average molecular weight is 379 g/mol. The molecular formula is C21H25N5O2. The molecule has 0 aromatic carbocycles. The van der Waals surface area contributed by atoms with Crippen LogP contribution in [0.15, 0.2) is 36.7 Å². The van der Waals surface area contributed by atoms with Gasteiger partial charge in [0.15, 0.2) is 0 Å². The van der Waals surface area contributed by atoms with Crippen molar-refractivity contribution in [3.05, 3.63) is 42.2 Å². The van der Waals surface area contributed by atoms with Gasteiger partial charge >= 0.3 is 0 Å². The van der Waals surface area contributed by atoms with Crippen molar-refractivity contribution in [2.24, 2.45) is 23.5 Å². The van der Waals surface area contributed by atoms with Gasteiger partial charge in [-0.25, -0.2) is 9.97 Å². The van der Waals surface area contributed by atoms with Crippen LogP contribution in [0.4, 0.5) is 17.3 Å². The molecule has 0 aliphatic heterocycles.